The Kier molecular flexibility index (Phi) is 7.10. The Bertz CT molecular complexity index is 905. The molecule has 0 aliphatic carbocycles. The van der Waals surface area contributed by atoms with E-state index >= 15 is 0 Å². The molecule has 2 rings (SSSR count). The van der Waals surface area contributed by atoms with Crippen molar-refractivity contribution < 1.29 is 13.2 Å². The highest BCUT2D eigenvalue weighted by Crippen LogP contribution is 2.25. The third kappa shape index (κ3) is 5.20. The van der Waals surface area contributed by atoms with Crippen LogP contribution >= 0.6 is 39.1 Å². The van der Waals surface area contributed by atoms with E-state index in [2.05, 4.69) is 21.2 Å². The Balaban J connectivity index is 2.04. The third-order valence-electron chi connectivity index (χ3n) is 3.71. The molecule has 0 saturated heterocycles. The van der Waals surface area contributed by atoms with Gasteiger partial charge in [-0.15, -0.1) is 0 Å². The zero-order valence-electron chi connectivity index (χ0n) is 14.0. The number of amides is 1. The van der Waals surface area contributed by atoms with Crippen LogP contribution in [0.2, 0.25) is 10.0 Å². The van der Waals surface area contributed by atoms with Crippen LogP contribution in [0.25, 0.3) is 0 Å². The number of carbonyl (C=O) groups is 1. The molecule has 1 amide bonds. The summed E-state index contributed by atoms with van der Waals surface area (Å²) in [5.74, 6) is -0.424. The molecule has 0 aliphatic heterocycles. The smallest absolute Gasteiger partial charge is 0.243 e. The maximum absolute atomic E-state index is 12.5. The van der Waals surface area contributed by atoms with E-state index in [4.69, 9.17) is 23.2 Å². The average molecular weight is 480 g/mol. The first-order valence-electron chi connectivity index (χ1n) is 7.57. The molecule has 0 aliphatic rings. The highest BCUT2D eigenvalue weighted by atomic mass is 79.9. The molecule has 9 heteroatoms. The molecule has 2 aromatic carbocycles. The van der Waals surface area contributed by atoms with Crippen molar-refractivity contribution in [3.05, 3.63) is 62.5 Å². The summed E-state index contributed by atoms with van der Waals surface area (Å²) >= 11 is 15.1. The summed E-state index contributed by atoms with van der Waals surface area (Å²) in [4.78, 5) is 12.4. The molecule has 1 N–H and O–H groups in total. The van der Waals surface area contributed by atoms with Crippen LogP contribution in [-0.4, -0.2) is 32.2 Å². The highest BCUT2D eigenvalue weighted by Gasteiger charge is 2.23. The van der Waals surface area contributed by atoms with E-state index in [1.165, 1.54) is 19.2 Å². The van der Waals surface area contributed by atoms with E-state index < -0.39 is 15.9 Å². The Morgan fingerprint density at radius 2 is 1.77 bits per heavy atom. The second-order valence-electron chi connectivity index (χ2n) is 5.68. The minimum Gasteiger partial charge on any atom is -0.348 e. The molecule has 0 heterocycles. The predicted molar refractivity (Wildman–Crippen MR) is 107 cm³/mol. The molecule has 0 fully saturated rings. The second kappa shape index (κ2) is 8.71. The van der Waals surface area contributed by atoms with Gasteiger partial charge in [-0.25, -0.2) is 8.42 Å². The SMILES string of the molecule is CC(NC(=O)CN(C)S(=O)(=O)c1ccc(Br)cc1)c1ccc(Cl)c(Cl)c1. The molecule has 0 spiro atoms. The first-order chi connectivity index (χ1) is 12.1. The monoisotopic (exact) mass is 478 g/mol. The van der Waals surface area contributed by atoms with Crippen LogP contribution in [0, 0.1) is 0 Å². The number of halogens is 3. The van der Waals surface area contributed by atoms with Crippen molar-refractivity contribution in [2.75, 3.05) is 13.6 Å². The van der Waals surface area contributed by atoms with E-state index in [0.717, 1.165) is 14.3 Å². The van der Waals surface area contributed by atoms with Gasteiger partial charge in [0.2, 0.25) is 15.9 Å². The van der Waals surface area contributed by atoms with Gasteiger partial charge in [0.25, 0.3) is 0 Å². The zero-order valence-corrected chi connectivity index (χ0v) is 18.0. The molecule has 0 radical (unpaired) electrons. The zero-order chi connectivity index (χ0) is 19.5. The average Bonchev–Trinajstić information content (AvgIpc) is 2.57. The first-order valence-corrected chi connectivity index (χ1v) is 10.6. The van der Waals surface area contributed by atoms with E-state index in [0.29, 0.717) is 10.0 Å². The molecule has 0 bridgehead atoms. The topological polar surface area (TPSA) is 66.5 Å². The summed E-state index contributed by atoms with van der Waals surface area (Å²) in [6.07, 6.45) is 0. The lowest BCUT2D eigenvalue weighted by Gasteiger charge is -2.19. The summed E-state index contributed by atoms with van der Waals surface area (Å²) in [6, 6.07) is 10.9. The van der Waals surface area contributed by atoms with Crippen LogP contribution in [0.3, 0.4) is 0 Å². The fourth-order valence-electron chi connectivity index (χ4n) is 2.23. The van der Waals surface area contributed by atoms with Crippen molar-refractivity contribution >= 4 is 55.1 Å². The first kappa shape index (κ1) is 21.2. The van der Waals surface area contributed by atoms with Gasteiger partial charge >= 0.3 is 0 Å². The van der Waals surface area contributed by atoms with Crippen molar-refractivity contribution in [3.8, 4) is 0 Å². The highest BCUT2D eigenvalue weighted by molar-refractivity contribution is 9.10. The normalized spacial score (nSPS) is 12.8. The number of likely N-dealkylation sites (N-methyl/N-ethyl adjacent to an activating group) is 1. The number of nitrogens with one attached hydrogen (secondary N) is 1. The summed E-state index contributed by atoms with van der Waals surface area (Å²) in [5.41, 5.74) is 0.770. The van der Waals surface area contributed by atoms with Gasteiger partial charge in [0.05, 0.1) is 27.5 Å². The molecular weight excluding hydrogens is 463 g/mol. The number of benzene rings is 2. The maximum Gasteiger partial charge on any atom is 0.243 e. The molecule has 1 unspecified atom stereocenters. The quantitative estimate of drug-likeness (QED) is 0.673. The number of hydrogen-bond donors (Lipinski definition) is 1. The minimum absolute atomic E-state index is 0.119. The van der Waals surface area contributed by atoms with Crippen LogP contribution in [0.1, 0.15) is 18.5 Å². The van der Waals surface area contributed by atoms with Gasteiger partial charge in [-0.05, 0) is 48.9 Å². The maximum atomic E-state index is 12.5. The molecule has 2 aromatic rings. The lowest BCUT2D eigenvalue weighted by atomic mass is 10.1. The summed E-state index contributed by atoms with van der Waals surface area (Å²) in [7, 11) is -2.39. The van der Waals surface area contributed by atoms with Crippen molar-refractivity contribution in [3.63, 3.8) is 0 Å². The van der Waals surface area contributed by atoms with Crippen molar-refractivity contribution in [1.82, 2.24) is 9.62 Å². The van der Waals surface area contributed by atoms with Crippen LogP contribution < -0.4 is 5.32 Å². The number of sulfonamides is 1. The number of rotatable bonds is 6. The molecule has 5 nitrogen and oxygen atoms in total. The summed E-state index contributed by atoms with van der Waals surface area (Å²) < 4.78 is 26.8. The Morgan fingerprint density at radius 1 is 1.15 bits per heavy atom. The van der Waals surface area contributed by atoms with Gasteiger partial charge in [0, 0.05) is 11.5 Å². The van der Waals surface area contributed by atoms with Gasteiger partial charge in [-0.2, -0.15) is 4.31 Å². The number of carbonyl (C=O) groups excluding carboxylic acids is 1. The van der Waals surface area contributed by atoms with Crippen molar-refractivity contribution in [1.29, 1.82) is 0 Å². The molecule has 26 heavy (non-hydrogen) atoms. The third-order valence-corrected chi connectivity index (χ3v) is 6.79. The van der Waals surface area contributed by atoms with Crippen LogP contribution in [0.15, 0.2) is 51.8 Å². The standard InChI is InChI=1S/C17H17BrCl2N2O3S/c1-11(12-3-8-15(19)16(20)9-12)21-17(23)10-22(2)26(24,25)14-6-4-13(18)5-7-14/h3-9,11H,10H2,1-2H3,(H,21,23). The van der Waals surface area contributed by atoms with Crippen LogP contribution in [0.5, 0.6) is 0 Å². The molecule has 1 atom stereocenters. The van der Waals surface area contributed by atoms with Crippen molar-refractivity contribution in [2.24, 2.45) is 0 Å². The Labute approximate surface area is 171 Å². The van der Waals surface area contributed by atoms with E-state index in [-0.39, 0.29) is 17.5 Å². The molecular formula is C17H17BrCl2N2O3S. The minimum atomic E-state index is -3.75. The van der Waals surface area contributed by atoms with Gasteiger partial charge < -0.3 is 5.32 Å². The number of nitrogens with zero attached hydrogens (tertiary/aromatic N) is 1. The number of hydrogen-bond acceptors (Lipinski definition) is 3. The lowest BCUT2D eigenvalue weighted by Crippen LogP contribution is -2.39. The van der Waals surface area contributed by atoms with Crippen LogP contribution in [0.4, 0.5) is 0 Å². The van der Waals surface area contributed by atoms with Gasteiger partial charge in [-0.3, -0.25) is 4.79 Å². The largest absolute Gasteiger partial charge is 0.348 e. The predicted octanol–water partition coefficient (Wildman–Crippen LogP) is 4.25. The van der Waals surface area contributed by atoms with E-state index in [9.17, 15) is 13.2 Å². The fourth-order valence-corrected chi connectivity index (χ4v) is 3.92. The van der Waals surface area contributed by atoms with Gasteiger partial charge in [-0.1, -0.05) is 45.2 Å². The molecule has 140 valence electrons. The van der Waals surface area contributed by atoms with Crippen molar-refractivity contribution in [2.45, 2.75) is 17.9 Å². The Hall–Kier alpha value is -1.12. The summed E-state index contributed by atoms with van der Waals surface area (Å²) in [5, 5.41) is 3.57. The Morgan fingerprint density at radius 3 is 2.35 bits per heavy atom. The summed E-state index contributed by atoms with van der Waals surface area (Å²) in [6.45, 7) is 1.48. The van der Waals surface area contributed by atoms with Gasteiger partial charge in [0.15, 0.2) is 0 Å². The van der Waals surface area contributed by atoms with E-state index in [1.54, 1.807) is 37.3 Å². The molecule has 0 aromatic heterocycles. The van der Waals surface area contributed by atoms with E-state index in [1.807, 2.05) is 0 Å². The molecule has 0 saturated carbocycles. The lowest BCUT2D eigenvalue weighted by molar-refractivity contribution is -0.121. The second-order valence-corrected chi connectivity index (χ2v) is 9.45. The van der Waals surface area contributed by atoms with Crippen LogP contribution in [-0.2, 0) is 14.8 Å². The van der Waals surface area contributed by atoms with Gasteiger partial charge in [0.1, 0.15) is 0 Å². The fraction of sp³-hybridized carbons (Fsp3) is 0.235.